The van der Waals surface area contributed by atoms with Crippen molar-refractivity contribution >= 4 is 38.4 Å². The molecular formula is C14H12BrClN4O. The van der Waals surface area contributed by atoms with Crippen LogP contribution in [0.2, 0.25) is 5.15 Å². The molecule has 7 heteroatoms. The molecule has 2 aromatic heterocycles. The number of nitrogens with zero attached hydrogens (tertiary/aromatic N) is 4. The molecule has 21 heavy (non-hydrogen) atoms. The summed E-state index contributed by atoms with van der Waals surface area (Å²) in [5, 5.41) is 5.36. The van der Waals surface area contributed by atoms with Gasteiger partial charge in [-0.1, -0.05) is 27.5 Å². The van der Waals surface area contributed by atoms with Crippen LogP contribution in [0.15, 0.2) is 33.8 Å². The lowest BCUT2D eigenvalue weighted by Gasteiger charge is -2.07. The van der Waals surface area contributed by atoms with Gasteiger partial charge in [0.1, 0.15) is 5.15 Å². The Hall–Kier alpha value is -1.66. The summed E-state index contributed by atoms with van der Waals surface area (Å²) in [4.78, 5) is 16.9. The van der Waals surface area contributed by atoms with E-state index in [2.05, 4.69) is 26.0 Å². The molecule has 2 heterocycles. The quantitative estimate of drug-likeness (QED) is 0.700. The molecule has 0 aliphatic carbocycles. The molecule has 0 radical (unpaired) electrons. The molecule has 0 saturated carbocycles. The van der Waals surface area contributed by atoms with Gasteiger partial charge in [0.2, 0.25) is 0 Å². The van der Waals surface area contributed by atoms with E-state index >= 15 is 0 Å². The number of rotatable bonds is 2. The zero-order chi connectivity index (χ0) is 15.1. The zero-order valence-corrected chi connectivity index (χ0v) is 13.8. The fourth-order valence-electron chi connectivity index (χ4n) is 2.27. The van der Waals surface area contributed by atoms with Crippen molar-refractivity contribution in [2.24, 2.45) is 7.05 Å². The van der Waals surface area contributed by atoms with Crippen LogP contribution < -0.4 is 5.56 Å². The van der Waals surface area contributed by atoms with Crippen LogP contribution in [0, 0.1) is 6.92 Å². The lowest BCUT2D eigenvalue weighted by Crippen LogP contribution is -2.21. The monoisotopic (exact) mass is 366 g/mol. The average molecular weight is 368 g/mol. The van der Waals surface area contributed by atoms with Crippen molar-refractivity contribution in [3.05, 3.63) is 55.8 Å². The smallest absolute Gasteiger partial charge is 0.261 e. The highest BCUT2D eigenvalue weighted by atomic mass is 79.9. The van der Waals surface area contributed by atoms with Crippen LogP contribution in [0.5, 0.6) is 0 Å². The van der Waals surface area contributed by atoms with E-state index in [1.807, 2.05) is 19.1 Å². The summed E-state index contributed by atoms with van der Waals surface area (Å²) in [5.41, 5.74) is 2.22. The largest absolute Gasteiger partial charge is 0.294 e. The van der Waals surface area contributed by atoms with Crippen LogP contribution >= 0.6 is 27.5 Å². The molecule has 0 atom stereocenters. The fraction of sp³-hybridized carbons (Fsp3) is 0.214. The van der Waals surface area contributed by atoms with Gasteiger partial charge in [-0.05, 0) is 25.1 Å². The summed E-state index contributed by atoms with van der Waals surface area (Å²) in [5.74, 6) is 0. The molecule has 1 aromatic carbocycles. The predicted molar refractivity (Wildman–Crippen MR) is 85.8 cm³/mol. The third-order valence-electron chi connectivity index (χ3n) is 3.38. The molecule has 0 N–H and O–H groups in total. The van der Waals surface area contributed by atoms with E-state index in [-0.39, 0.29) is 5.56 Å². The maximum atomic E-state index is 12.5. The fourth-order valence-corrected chi connectivity index (χ4v) is 2.86. The Morgan fingerprint density at radius 2 is 2.14 bits per heavy atom. The number of fused-ring (bicyclic) bond motifs is 1. The molecule has 0 spiro atoms. The predicted octanol–water partition coefficient (Wildman–Crippen LogP) is 2.90. The Morgan fingerprint density at radius 3 is 2.81 bits per heavy atom. The summed E-state index contributed by atoms with van der Waals surface area (Å²) in [7, 11) is 1.78. The highest BCUT2D eigenvalue weighted by molar-refractivity contribution is 9.10. The second-order valence-corrected chi connectivity index (χ2v) is 6.09. The number of halogens is 2. The van der Waals surface area contributed by atoms with E-state index in [0.29, 0.717) is 22.6 Å². The molecule has 108 valence electrons. The zero-order valence-electron chi connectivity index (χ0n) is 11.5. The molecule has 0 fully saturated rings. The minimum atomic E-state index is -0.0966. The molecule has 0 amide bonds. The number of hydrogen-bond donors (Lipinski definition) is 0. The van der Waals surface area contributed by atoms with E-state index in [0.717, 1.165) is 15.7 Å². The van der Waals surface area contributed by atoms with Crippen molar-refractivity contribution < 1.29 is 0 Å². The van der Waals surface area contributed by atoms with Gasteiger partial charge in [0, 0.05) is 17.1 Å². The van der Waals surface area contributed by atoms with Crippen molar-refractivity contribution in [1.29, 1.82) is 0 Å². The van der Waals surface area contributed by atoms with Gasteiger partial charge in [0.15, 0.2) is 0 Å². The van der Waals surface area contributed by atoms with Crippen LogP contribution in [0.1, 0.15) is 11.3 Å². The molecule has 0 bridgehead atoms. The minimum Gasteiger partial charge on any atom is -0.294 e. The molecule has 0 unspecified atom stereocenters. The van der Waals surface area contributed by atoms with E-state index in [9.17, 15) is 4.79 Å². The Labute approximate surface area is 134 Å². The summed E-state index contributed by atoms with van der Waals surface area (Å²) in [6.07, 6.45) is 1.54. The SMILES string of the molecule is Cc1nn(C)c(Cl)c1Cn1cnc2ccc(Br)cc2c1=O. The normalized spacial score (nSPS) is 11.2. The number of benzene rings is 1. The summed E-state index contributed by atoms with van der Waals surface area (Å²) >= 11 is 9.59. The first-order chi connectivity index (χ1) is 9.97. The van der Waals surface area contributed by atoms with Crippen LogP contribution in [-0.4, -0.2) is 19.3 Å². The lowest BCUT2D eigenvalue weighted by atomic mass is 10.2. The van der Waals surface area contributed by atoms with Crippen molar-refractivity contribution in [2.75, 3.05) is 0 Å². The Balaban J connectivity index is 2.13. The Bertz CT molecular complexity index is 900. The molecule has 0 saturated heterocycles. The van der Waals surface area contributed by atoms with E-state index in [1.54, 1.807) is 28.7 Å². The topological polar surface area (TPSA) is 52.7 Å². The number of hydrogen-bond acceptors (Lipinski definition) is 3. The first kappa shape index (κ1) is 14.3. The van der Waals surface area contributed by atoms with Crippen molar-refractivity contribution in [2.45, 2.75) is 13.5 Å². The molecular weight excluding hydrogens is 356 g/mol. The second-order valence-electron chi connectivity index (χ2n) is 4.82. The van der Waals surface area contributed by atoms with E-state index in [4.69, 9.17) is 11.6 Å². The van der Waals surface area contributed by atoms with Gasteiger partial charge in [-0.3, -0.25) is 14.0 Å². The first-order valence-electron chi connectivity index (χ1n) is 6.30. The van der Waals surface area contributed by atoms with Crippen molar-refractivity contribution in [3.63, 3.8) is 0 Å². The van der Waals surface area contributed by atoms with Gasteiger partial charge in [-0.2, -0.15) is 5.10 Å². The van der Waals surface area contributed by atoms with Crippen LogP contribution in [0.25, 0.3) is 10.9 Å². The molecule has 3 aromatic rings. The highest BCUT2D eigenvalue weighted by Gasteiger charge is 2.13. The summed E-state index contributed by atoms with van der Waals surface area (Å²) in [6, 6.07) is 5.45. The molecule has 5 nitrogen and oxygen atoms in total. The molecule has 3 rings (SSSR count). The minimum absolute atomic E-state index is 0.0966. The van der Waals surface area contributed by atoms with Gasteiger partial charge >= 0.3 is 0 Å². The van der Waals surface area contributed by atoms with Gasteiger partial charge in [0.05, 0.1) is 29.5 Å². The third-order valence-corrected chi connectivity index (χ3v) is 4.35. The number of aryl methyl sites for hydroxylation is 2. The Morgan fingerprint density at radius 1 is 1.38 bits per heavy atom. The highest BCUT2D eigenvalue weighted by Crippen LogP contribution is 2.20. The maximum absolute atomic E-state index is 12.5. The van der Waals surface area contributed by atoms with Crippen molar-refractivity contribution in [3.8, 4) is 0 Å². The Kier molecular flexibility index (Phi) is 3.59. The molecule has 0 aliphatic heterocycles. The van der Waals surface area contributed by atoms with Crippen LogP contribution in [-0.2, 0) is 13.6 Å². The summed E-state index contributed by atoms with van der Waals surface area (Å²) in [6.45, 7) is 2.23. The second kappa shape index (κ2) is 5.27. The molecule has 0 aliphatic rings. The van der Waals surface area contributed by atoms with E-state index in [1.165, 1.54) is 0 Å². The third kappa shape index (κ3) is 2.49. The van der Waals surface area contributed by atoms with Gasteiger partial charge in [0.25, 0.3) is 5.56 Å². The van der Waals surface area contributed by atoms with Gasteiger partial charge in [-0.15, -0.1) is 0 Å². The lowest BCUT2D eigenvalue weighted by molar-refractivity contribution is 0.742. The van der Waals surface area contributed by atoms with Crippen LogP contribution in [0.4, 0.5) is 0 Å². The van der Waals surface area contributed by atoms with Gasteiger partial charge in [-0.25, -0.2) is 4.98 Å². The van der Waals surface area contributed by atoms with Crippen molar-refractivity contribution in [1.82, 2.24) is 19.3 Å². The van der Waals surface area contributed by atoms with Crippen LogP contribution in [0.3, 0.4) is 0 Å². The average Bonchev–Trinajstić information content (AvgIpc) is 2.68. The summed E-state index contributed by atoms with van der Waals surface area (Å²) < 4.78 is 4.00. The maximum Gasteiger partial charge on any atom is 0.261 e. The van der Waals surface area contributed by atoms with E-state index < -0.39 is 0 Å². The standard InChI is InChI=1S/C14H12BrClN4O/c1-8-11(13(16)19(2)18-8)6-20-7-17-12-4-3-9(15)5-10(12)14(20)21/h3-5,7H,6H2,1-2H3. The number of aromatic nitrogens is 4. The first-order valence-corrected chi connectivity index (χ1v) is 7.47. The van der Waals surface area contributed by atoms with Gasteiger partial charge < -0.3 is 0 Å².